The van der Waals surface area contributed by atoms with Crippen LogP contribution in [0.1, 0.15) is 39.7 Å². The van der Waals surface area contributed by atoms with Crippen molar-refractivity contribution < 1.29 is 9.53 Å². The molecule has 0 aliphatic heterocycles. The predicted molar refractivity (Wildman–Crippen MR) is 139 cm³/mol. The standard InChI is InChI=1S/C26H33N5O2Si/c1-26(2,3)34(21-10-6-4-7-11-21,22-12-8-5-9-13-22)33-17-15-20(14-16-32)31-19-30-23-24(27)28-18-29-25(23)31/h4-13,18-20,32H,14-17H2,1-3H3,(H2,27,28,29). The smallest absolute Gasteiger partial charge is 0.261 e. The SMILES string of the molecule is CC(C)(C)[Si](OCCC(CCO)n1cnc2c(N)ncnc21)(c1ccccc1)c1ccccc1. The first-order valence-electron chi connectivity index (χ1n) is 11.7. The maximum absolute atomic E-state index is 9.78. The van der Waals surface area contributed by atoms with E-state index in [4.69, 9.17) is 10.2 Å². The first-order valence-corrected chi connectivity index (χ1v) is 13.6. The van der Waals surface area contributed by atoms with Crippen molar-refractivity contribution >= 4 is 35.7 Å². The fraction of sp³-hybridized carbons (Fsp3) is 0.346. The summed E-state index contributed by atoms with van der Waals surface area (Å²) in [7, 11) is -2.62. The summed E-state index contributed by atoms with van der Waals surface area (Å²) in [5, 5.41) is 12.2. The molecule has 2 aromatic heterocycles. The van der Waals surface area contributed by atoms with Gasteiger partial charge in [0.2, 0.25) is 0 Å². The number of anilines is 1. The molecule has 0 bridgehead atoms. The number of nitrogens with two attached hydrogens (primary N) is 1. The quantitative estimate of drug-likeness (QED) is 0.360. The molecule has 4 aromatic rings. The zero-order chi connectivity index (χ0) is 24.2. The molecular weight excluding hydrogens is 442 g/mol. The summed E-state index contributed by atoms with van der Waals surface area (Å²) in [4.78, 5) is 12.8. The van der Waals surface area contributed by atoms with Crippen LogP contribution in [-0.2, 0) is 4.43 Å². The minimum atomic E-state index is -2.62. The monoisotopic (exact) mass is 475 g/mol. The molecule has 7 nitrogen and oxygen atoms in total. The lowest BCUT2D eigenvalue weighted by molar-refractivity contribution is 0.222. The Kier molecular flexibility index (Phi) is 7.11. The molecule has 0 amide bonds. The third kappa shape index (κ3) is 4.48. The van der Waals surface area contributed by atoms with E-state index < -0.39 is 8.32 Å². The normalized spacial score (nSPS) is 13.3. The molecule has 0 saturated carbocycles. The Morgan fingerprint density at radius 1 is 0.941 bits per heavy atom. The van der Waals surface area contributed by atoms with Gasteiger partial charge < -0.3 is 19.8 Å². The van der Waals surface area contributed by atoms with Gasteiger partial charge in [-0.3, -0.25) is 0 Å². The van der Waals surface area contributed by atoms with Crippen LogP contribution in [0.15, 0.2) is 73.3 Å². The molecule has 0 fully saturated rings. The Labute approximate surface area is 201 Å². The number of aliphatic hydroxyl groups excluding tert-OH is 1. The zero-order valence-corrected chi connectivity index (χ0v) is 21.1. The highest BCUT2D eigenvalue weighted by molar-refractivity contribution is 6.99. The highest BCUT2D eigenvalue weighted by Crippen LogP contribution is 2.37. The number of aliphatic hydroxyl groups is 1. The first-order chi connectivity index (χ1) is 16.4. The number of hydrogen-bond acceptors (Lipinski definition) is 6. The van der Waals surface area contributed by atoms with Crippen LogP contribution in [0.2, 0.25) is 5.04 Å². The Balaban J connectivity index is 1.67. The van der Waals surface area contributed by atoms with Crippen molar-refractivity contribution in [2.45, 2.75) is 44.7 Å². The van der Waals surface area contributed by atoms with Gasteiger partial charge in [0, 0.05) is 19.3 Å². The summed E-state index contributed by atoms with van der Waals surface area (Å²) in [6, 6.07) is 21.2. The van der Waals surface area contributed by atoms with Crippen molar-refractivity contribution in [1.82, 2.24) is 19.5 Å². The number of nitrogens with zero attached hydrogens (tertiary/aromatic N) is 4. The Bertz CT molecular complexity index is 1170. The molecule has 2 heterocycles. The molecule has 34 heavy (non-hydrogen) atoms. The second kappa shape index (κ2) is 10.0. The second-order valence-corrected chi connectivity index (χ2v) is 13.9. The van der Waals surface area contributed by atoms with E-state index in [-0.39, 0.29) is 17.7 Å². The molecule has 0 saturated heterocycles. The molecule has 2 aromatic carbocycles. The van der Waals surface area contributed by atoms with Gasteiger partial charge in [-0.05, 0) is 28.3 Å². The maximum atomic E-state index is 9.78. The van der Waals surface area contributed by atoms with Crippen molar-refractivity contribution in [3.05, 3.63) is 73.3 Å². The largest absolute Gasteiger partial charge is 0.407 e. The number of rotatable bonds is 9. The van der Waals surface area contributed by atoms with Gasteiger partial charge in [-0.2, -0.15) is 0 Å². The topological polar surface area (TPSA) is 99.1 Å². The van der Waals surface area contributed by atoms with Gasteiger partial charge in [0.05, 0.1) is 6.33 Å². The third-order valence-corrected chi connectivity index (χ3v) is 11.5. The minimum absolute atomic E-state index is 0.0254. The summed E-state index contributed by atoms with van der Waals surface area (Å²) in [6.45, 7) is 7.41. The number of hydrogen-bond donors (Lipinski definition) is 2. The molecule has 8 heteroatoms. The summed E-state index contributed by atoms with van der Waals surface area (Å²) < 4.78 is 9.03. The minimum Gasteiger partial charge on any atom is -0.407 e. The number of benzene rings is 2. The number of aromatic nitrogens is 4. The summed E-state index contributed by atoms with van der Waals surface area (Å²) in [5.74, 6) is 0.357. The molecule has 178 valence electrons. The van der Waals surface area contributed by atoms with Crippen molar-refractivity contribution in [1.29, 1.82) is 0 Å². The third-order valence-electron chi connectivity index (χ3n) is 6.43. The number of nitrogen functional groups attached to an aromatic ring is 1. The van der Waals surface area contributed by atoms with E-state index in [1.54, 1.807) is 6.33 Å². The average Bonchev–Trinajstić information content (AvgIpc) is 3.27. The van der Waals surface area contributed by atoms with Crippen molar-refractivity contribution in [3.8, 4) is 0 Å². The molecule has 3 N–H and O–H groups in total. The molecular formula is C26H33N5O2Si. The predicted octanol–water partition coefficient (Wildman–Crippen LogP) is 3.30. The van der Waals surface area contributed by atoms with E-state index in [0.717, 1.165) is 0 Å². The Morgan fingerprint density at radius 2 is 1.56 bits per heavy atom. The van der Waals surface area contributed by atoms with Gasteiger partial charge >= 0.3 is 0 Å². The van der Waals surface area contributed by atoms with Crippen LogP contribution in [0.3, 0.4) is 0 Å². The molecule has 1 unspecified atom stereocenters. The van der Waals surface area contributed by atoms with E-state index in [1.165, 1.54) is 16.7 Å². The van der Waals surface area contributed by atoms with E-state index in [1.807, 2.05) is 16.7 Å². The van der Waals surface area contributed by atoms with Crippen LogP contribution in [0.4, 0.5) is 5.82 Å². The average molecular weight is 476 g/mol. The van der Waals surface area contributed by atoms with Crippen LogP contribution >= 0.6 is 0 Å². The van der Waals surface area contributed by atoms with Gasteiger partial charge in [0.1, 0.15) is 11.8 Å². The highest BCUT2D eigenvalue weighted by atomic mass is 28.4. The maximum Gasteiger partial charge on any atom is 0.261 e. The lowest BCUT2D eigenvalue weighted by atomic mass is 10.1. The fourth-order valence-corrected chi connectivity index (χ4v) is 9.40. The van der Waals surface area contributed by atoms with Crippen molar-refractivity contribution in [2.24, 2.45) is 0 Å². The number of fused-ring (bicyclic) bond motifs is 1. The highest BCUT2D eigenvalue weighted by Gasteiger charge is 2.50. The molecule has 0 spiro atoms. The van der Waals surface area contributed by atoms with E-state index in [0.29, 0.717) is 36.4 Å². The van der Waals surface area contributed by atoms with E-state index in [9.17, 15) is 5.11 Å². The van der Waals surface area contributed by atoms with Crippen LogP contribution in [-0.4, -0.2) is 46.2 Å². The summed E-state index contributed by atoms with van der Waals surface area (Å²) in [5.41, 5.74) is 7.24. The fourth-order valence-electron chi connectivity index (χ4n) is 4.82. The van der Waals surface area contributed by atoms with Gasteiger partial charge in [0.25, 0.3) is 8.32 Å². The van der Waals surface area contributed by atoms with E-state index >= 15 is 0 Å². The van der Waals surface area contributed by atoms with E-state index in [2.05, 4.69) is 84.3 Å². The lowest BCUT2D eigenvalue weighted by Gasteiger charge is -2.43. The van der Waals surface area contributed by atoms with Gasteiger partial charge in [-0.15, -0.1) is 0 Å². The Hall–Kier alpha value is -3.07. The molecule has 0 aliphatic rings. The van der Waals surface area contributed by atoms with Crippen molar-refractivity contribution in [3.63, 3.8) is 0 Å². The summed E-state index contributed by atoms with van der Waals surface area (Å²) >= 11 is 0. The lowest BCUT2D eigenvalue weighted by Crippen LogP contribution is -2.66. The molecule has 1 atom stereocenters. The summed E-state index contributed by atoms with van der Waals surface area (Å²) in [6.07, 6.45) is 4.46. The van der Waals surface area contributed by atoms with Crippen LogP contribution in [0, 0.1) is 0 Å². The first kappa shape index (κ1) is 24.1. The second-order valence-electron chi connectivity index (χ2n) is 9.55. The van der Waals surface area contributed by atoms with Gasteiger partial charge in [-0.25, -0.2) is 15.0 Å². The molecule has 0 radical (unpaired) electrons. The van der Waals surface area contributed by atoms with Crippen LogP contribution in [0.25, 0.3) is 11.2 Å². The van der Waals surface area contributed by atoms with Gasteiger partial charge in [-0.1, -0.05) is 81.4 Å². The molecule has 0 aliphatic carbocycles. The van der Waals surface area contributed by atoms with Gasteiger partial charge in [0.15, 0.2) is 11.5 Å². The van der Waals surface area contributed by atoms with Crippen LogP contribution in [0.5, 0.6) is 0 Å². The zero-order valence-electron chi connectivity index (χ0n) is 20.1. The van der Waals surface area contributed by atoms with Crippen molar-refractivity contribution in [2.75, 3.05) is 18.9 Å². The number of imidazole rings is 1. The Morgan fingerprint density at radius 3 is 2.12 bits per heavy atom. The van der Waals surface area contributed by atoms with Crippen LogP contribution < -0.4 is 16.1 Å². The molecule has 4 rings (SSSR count).